The van der Waals surface area contributed by atoms with E-state index in [2.05, 4.69) is 38.0 Å². The lowest BCUT2D eigenvalue weighted by Crippen LogP contribution is -3.00. The summed E-state index contributed by atoms with van der Waals surface area (Å²) in [6, 6.07) is 1.86. The number of hydrogen-bond donors (Lipinski definition) is 0. The molecular formula is C32H62ClN3O5S. The van der Waals surface area contributed by atoms with Crippen molar-refractivity contribution < 1.29 is 39.5 Å². The minimum absolute atomic E-state index is 0. The zero-order valence-corrected chi connectivity index (χ0v) is 28.8. The van der Waals surface area contributed by atoms with Gasteiger partial charge in [-0.1, -0.05) is 103 Å². The Labute approximate surface area is 264 Å². The van der Waals surface area contributed by atoms with Crippen LogP contribution in [0, 0.1) is 0 Å². The van der Waals surface area contributed by atoms with Crippen molar-refractivity contribution in [1.82, 2.24) is 9.97 Å². The van der Waals surface area contributed by atoms with Crippen molar-refractivity contribution in [2.24, 2.45) is 0 Å². The van der Waals surface area contributed by atoms with Crippen molar-refractivity contribution in [3.8, 4) is 6.01 Å². The SMILES string of the molecule is CCCCCCCCCCCCCCCCCCOCC(CS(=O)(=O)CCOCC[N+](C)(C)C)Oc1ncccn1.[Cl-]. The molecule has 0 aliphatic rings. The number of quaternary nitrogens is 1. The average Bonchev–Trinajstić information content (AvgIpc) is 2.92. The zero-order valence-electron chi connectivity index (χ0n) is 27.2. The molecule has 1 rings (SSSR count). The third-order valence-corrected chi connectivity index (χ3v) is 8.81. The van der Waals surface area contributed by atoms with Crippen LogP contribution in [-0.2, 0) is 19.3 Å². The van der Waals surface area contributed by atoms with E-state index in [4.69, 9.17) is 14.2 Å². The molecule has 0 aliphatic carbocycles. The van der Waals surface area contributed by atoms with Crippen molar-refractivity contribution in [3.05, 3.63) is 18.5 Å². The van der Waals surface area contributed by atoms with Crippen molar-refractivity contribution in [2.75, 3.05) is 65.6 Å². The first-order valence-corrected chi connectivity index (χ1v) is 18.1. The Balaban J connectivity index is 0.0000168. The Bertz CT molecular complexity index is 825. The molecule has 1 aromatic heterocycles. The average molecular weight is 636 g/mol. The topological polar surface area (TPSA) is 87.6 Å². The molecule has 0 amide bonds. The zero-order chi connectivity index (χ0) is 30.1. The third-order valence-electron chi connectivity index (χ3n) is 7.15. The molecule has 0 saturated heterocycles. The summed E-state index contributed by atoms with van der Waals surface area (Å²) in [4.78, 5) is 8.16. The molecule has 0 aromatic carbocycles. The minimum atomic E-state index is -3.38. The second-order valence-corrected chi connectivity index (χ2v) is 14.6. The van der Waals surface area contributed by atoms with E-state index in [9.17, 15) is 8.42 Å². The molecule has 1 unspecified atom stereocenters. The molecule has 0 bridgehead atoms. The van der Waals surface area contributed by atoms with E-state index in [-0.39, 0.29) is 43.1 Å². The van der Waals surface area contributed by atoms with Gasteiger partial charge in [0.05, 0.1) is 52.5 Å². The summed E-state index contributed by atoms with van der Waals surface area (Å²) >= 11 is 0. The maximum Gasteiger partial charge on any atom is 0.316 e. The molecule has 0 radical (unpaired) electrons. The van der Waals surface area contributed by atoms with Crippen LogP contribution in [0.25, 0.3) is 0 Å². The van der Waals surface area contributed by atoms with Gasteiger partial charge in [-0.3, -0.25) is 0 Å². The van der Waals surface area contributed by atoms with Crippen LogP contribution < -0.4 is 17.1 Å². The maximum atomic E-state index is 12.7. The van der Waals surface area contributed by atoms with Crippen molar-refractivity contribution in [3.63, 3.8) is 0 Å². The molecule has 0 spiro atoms. The lowest BCUT2D eigenvalue weighted by Gasteiger charge is -2.23. The highest BCUT2D eigenvalue weighted by Gasteiger charge is 2.22. The molecule has 1 atom stereocenters. The van der Waals surface area contributed by atoms with Gasteiger partial charge in [-0.2, -0.15) is 0 Å². The fourth-order valence-electron chi connectivity index (χ4n) is 4.57. The molecule has 10 heteroatoms. The van der Waals surface area contributed by atoms with Gasteiger partial charge in [0.2, 0.25) is 0 Å². The summed E-state index contributed by atoms with van der Waals surface area (Å²) in [6.45, 7) is 4.60. The Kier molecular flexibility index (Phi) is 25.8. The second-order valence-electron chi connectivity index (χ2n) is 12.4. The van der Waals surface area contributed by atoms with Gasteiger partial charge < -0.3 is 31.1 Å². The number of likely N-dealkylation sites (N-methyl/N-ethyl adjacent to an activating group) is 1. The molecule has 0 fully saturated rings. The Morgan fingerprint density at radius 2 is 1.21 bits per heavy atom. The quantitative estimate of drug-likeness (QED) is 0.0981. The minimum Gasteiger partial charge on any atom is -1.00 e. The number of aromatic nitrogens is 2. The van der Waals surface area contributed by atoms with Gasteiger partial charge in [0.1, 0.15) is 12.6 Å². The van der Waals surface area contributed by atoms with E-state index >= 15 is 0 Å². The number of hydrogen-bond acceptors (Lipinski definition) is 7. The highest BCUT2D eigenvalue weighted by atomic mass is 35.5. The molecule has 8 nitrogen and oxygen atoms in total. The van der Waals surface area contributed by atoms with Crippen LogP contribution in [0.1, 0.15) is 110 Å². The summed E-state index contributed by atoms with van der Waals surface area (Å²) in [7, 11) is 2.85. The maximum absolute atomic E-state index is 12.7. The van der Waals surface area contributed by atoms with Crippen LogP contribution >= 0.6 is 0 Å². The number of rotatable bonds is 29. The normalized spacial score (nSPS) is 12.7. The number of sulfone groups is 1. The first-order valence-electron chi connectivity index (χ1n) is 16.3. The van der Waals surface area contributed by atoms with Crippen molar-refractivity contribution in [1.29, 1.82) is 0 Å². The Morgan fingerprint density at radius 1 is 0.714 bits per heavy atom. The van der Waals surface area contributed by atoms with E-state index < -0.39 is 15.9 Å². The third kappa shape index (κ3) is 26.6. The Morgan fingerprint density at radius 3 is 1.71 bits per heavy atom. The fourth-order valence-corrected chi connectivity index (χ4v) is 5.84. The van der Waals surface area contributed by atoms with E-state index in [0.717, 1.165) is 23.9 Å². The first-order chi connectivity index (χ1) is 19.7. The molecule has 1 heterocycles. The van der Waals surface area contributed by atoms with Crippen LogP contribution in [0.15, 0.2) is 18.5 Å². The standard InChI is InChI=1S/C32H62N3O5S.ClH/c1-5-6-7-8-9-10-11-12-13-14-15-16-17-18-19-20-25-39-29-31(40-32-33-22-21-23-34-32)30-41(36,37)28-27-38-26-24-35(2,3)4;/h21-23,31H,5-20,24-30H2,1-4H3;1H/q+1;/p-1. The van der Waals surface area contributed by atoms with E-state index in [1.165, 1.54) is 89.9 Å². The van der Waals surface area contributed by atoms with Crippen molar-refractivity contribution >= 4 is 9.84 Å². The summed E-state index contributed by atoms with van der Waals surface area (Å²) in [6.07, 6.45) is 23.8. The molecule has 0 saturated carbocycles. The first kappa shape index (κ1) is 41.0. The monoisotopic (exact) mass is 635 g/mol. The van der Waals surface area contributed by atoms with Crippen LogP contribution in [0.2, 0.25) is 0 Å². The molecule has 0 N–H and O–H groups in total. The molecular weight excluding hydrogens is 574 g/mol. The lowest BCUT2D eigenvalue weighted by atomic mass is 10.0. The second kappa shape index (κ2) is 26.4. The van der Waals surface area contributed by atoms with Crippen LogP contribution in [0.5, 0.6) is 6.01 Å². The summed E-state index contributed by atoms with van der Waals surface area (Å²) in [5, 5.41) is 0. The smallest absolute Gasteiger partial charge is 0.316 e. The molecule has 42 heavy (non-hydrogen) atoms. The number of halogens is 1. The predicted octanol–water partition coefficient (Wildman–Crippen LogP) is 3.64. The van der Waals surface area contributed by atoms with E-state index in [1.807, 2.05) is 0 Å². The molecule has 248 valence electrons. The number of nitrogens with zero attached hydrogens (tertiary/aromatic N) is 3. The number of ether oxygens (including phenoxy) is 3. The van der Waals surface area contributed by atoms with Gasteiger partial charge in [0.25, 0.3) is 0 Å². The fraction of sp³-hybridized carbons (Fsp3) is 0.875. The predicted molar refractivity (Wildman–Crippen MR) is 169 cm³/mol. The van der Waals surface area contributed by atoms with E-state index in [0.29, 0.717) is 13.2 Å². The summed E-state index contributed by atoms with van der Waals surface area (Å²) in [5.41, 5.74) is 0. The van der Waals surface area contributed by atoms with Gasteiger partial charge in [-0.05, 0) is 12.5 Å². The highest BCUT2D eigenvalue weighted by molar-refractivity contribution is 7.91. The van der Waals surface area contributed by atoms with Crippen molar-refractivity contribution in [2.45, 2.75) is 116 Å². The van der Waals surface area contributed by atoms with Gasteiger partial charge in [-0.25, -0.2) is 18.4 Å². The highest BCUT2D eigenvalue weighted by Crippen LogP contribution is 2.14. The van der Waals surface area contributed by atoms with Crippen LogP contribution in [-0.4, -0.2) is 94.6 Å². The molecule has 0 aliphatic heterocycles. The lowest BCUT2D eigenvalue weighted by molar-refractivity contribution is -0.870. The van der Waals surface area contributed by atoms with Gasteiger partial charge >= 0.3 is 6.01 Å². The van der Waals surface area contributed by atoms with Gasteiger partial charge in [0.15, 0.2) is 9.84 Å². The summed E-state index contributed by atoms with van der Waals surface area (Å²) in [5.74, 6) is -0.193. The number of unbranched alkanes of at least 4 members (excludes halogenated alkanes) is 15. The largest absolute Gasteiger partial charge is 1.00 e. The van der Waals surface area contributed by atoms with E-state index in [1.54, 1.807) is 18.5 Å². The van der Waals surface area contributed by atoms with Crippen LogP contribution in [0.4, 0.5) is 0 Å². The van der Waals surface area contributed by atoms with Crippen LogP contribution in [0.3, 0.4) is 0 Å². The molecule has 1 aromatic rings. The van der Waals surface area contributed by atoms with Gasteiger partial charge in [-0.15, -0.1) is 0 Å². The Hall–Kier alpha value is -1.000. The van der Waals surface area contributed by atoms with Gasteiger partial charge in [0, 0.05) is 19.0 Å². The summed E-state index contributed by atoms with van der Waals surface area (Å²) < 4.78 is 43.4.